The summed E-state index contributed by atoms with van der Waals surface area (Å²) >= 11 is 0. The average Bonchev–Trinajstić information content (AvgIpc) is 2.75. The third-order valence-electron chi connectivity index (χ3n) is 1.97. The van der Waals surface area contributed by atoms with Crippen LogP contribution in [0.5, 0.6) is 0 Å². The van der Waals surface area contributed by atoms with E-state index in [0.717, 1.165) is 24.6 Å². The summed E-state index contributed by atoms with van der Waals surface area (Å²) in [6.07, 6.45) is 6.54. The molecule has 0 aromatic carbocycles. The number of carbonyl (C=O) groups excluding carboxylic acids is 1. The summed E-state index contributed by atoms with van der Waals surface area (Å²) < 4.78 is 27.2. The topological polar surface area (TPSA) is 41.8 Å². The second kappa shape index (κ2) is 2.67. The number of allylic oxidation sites excluding steroid dienone is 2. The van der Waals surface area contributed by atoms with Crippen molar-refractivity contribution >= 4 is 18.2 Å². The van der Waals surface area contributed by atoms with Gasteiger partial charge in [0.15, 0.2) is 0 Å². The Morgan fingerprint density at radius 3 is 1.71 bits per heavy atom. The van der Waals surface area contributed by atoms with E-state index >= 15 is 0 Å². The maximum absolute atomic E-state index is 13.6. The first-order valence-corrected chi connectivity index (χ1v) is 3.96. The molecule has 0 aliphatic carbocycles. The van der Waals surface area contributed by atoms with E-state index in [1.54, 1.807) is 0 Å². The quantitative estimate of drug-likeness (QED) is 0.611. The van der Waals surface area contributed by atoms with Gasteiger partial charge in [-0.15, -0.1) is 0 Å². The molecule has 2 unspecified atom stereocenters. The summed E-state index contributed by atoms with van der Waals surface area (Å²) in [5.74, 6) is -6.54. The van der Waals surface area contributed by atoms with Gasteiger partial charge in [-0.2, -0.15) is 0 Å². The summed E-state index contributed by atoms with van der Waals surface area (Å²) in [7, 11) is 0. The van der Waals surface area contributed by atoms with E-state index < -0.39 is 17.4 Å². The highest BCUT2D eigenvalue weighted by molar-refractivity contribution is 6.03. The lowest BCUT2D eigenvalue weighted by molar-refractivity contribution is -0.136. The van der Waals surface area contributed by atoms with Crippen molar-refractivity contribution < 1.29 is 13.6 Å². The van der Waals surface area contributed by atoms with Crippen LogP contribution in [0.25, 0.3) is 0 Å². The maximum atomic E-state index is 13.6. The van der Waals surface area contributed by atoms with Crippen molar-refractivity contribution in [2.24, 2.45) is 9.98 Å². The first-order valence-electron chi connectivity index (χ1n) is 3.96. The molecule has 0 amide bonds. The van der Waals surface area contributed by atoms with Crippen LogP contribution in [-0.4, -0.2) is 29.8 Å². The Hall–Kier alpha value is -1.65. The lowest BCUT2D eigenvalue weighted by Crippen LogP contribution is -2.42. The number of hydrogen-bond acceptors (Lipinski definition) is 3. The first-order chi connectivity index (χ1) is 6.57. The monoisotopic (exact) mass is 196 g/mol. The van der Waals surface area contributed by atoms with Gasteiger partial charge >= 0.3 is 0 Å². The number of hydrogen-bond donors (Lipinski definition) is 0. The molecular weight excluding hydrogens is 190 g/mol. The van der Waals surface area contributed by atoms with Gasteiger partial charge in [-0.3, -0.25) is 4.79 Å². The van der Waals surface area contributed by atoms with Crippen molar-refractivity contribution in [2.45, 2.75) is 11.6 Å². The van der Waals surface area contributed by atoms with Crippen LogP contribution >= 0.6 is 0 Å². The average molecular weight is 196 g/mol. The van der Waals surface area contributed by atoms with Gasteiger partial charge in [0.25, 0.3) is 17.4 Å². The Morgan fingerprint density at radius 2 is 1.43 bits per heavy atom. The van der Waals surface area contributed by atoms with E-state index in [-0.39, 0.29) is 0 Å². The Balaban J connectivity index is 2.33. The fourth-order valence-corrected chi connectivity index (χ4v) is 1.24. The van der Waals surface area contributed by atoms with Crippen molar-refractivity contribution in [1.82, 2.24) is 0 Å². The summed E-state index contributed by atoms with van der Waals surface area (Å²) in [5.41, 5.74) is 0. The molecule has 72 valence electrons. The van der Waals surface area contributed by atoms with Crippen LogP contribution in [0.3, 0.4) is 0 Å². The molecule has 14 heavy (non-hydrogen) atoms. The largest absolute Gasteiger partial charge is 0.287 e. The Bertz CT molecular complexity index is 336. The van der Waals surface area contributed by atoms with Gasteiger partial charge in [0.1, 0.15) is 0 Å². The molecular formula is C9H6F2N2O. The lowest BCUT2D eigenvalue weighted by atomic mass is 10.0. The summed E-state index contributed by atoms with van der Waals surface area (Å²) in [6.45, 7) is 0. The smallest absolute Gasteiger partial charge is 0.283 e. The molecule has 0 saturated heterocycles. The van der Waals surface area contributed by atoms with Crippen LogP contribution in [-0.2, 0) is 4.79 Å². The summed E-state index contributed by atoms with van der Waals surface area (Å²) in [4.78, 5) is 17.9. The number of carbonyl (C=O) groups is 1. The number of nitrogens with zero attached hydrogens (tertiary/aromatic N) is 2. The summed E-state index contributed by atoms with van der Waals surface area (Å²) in [5, 5.41) is 0. The van der Waals surface area contributed by atoms with Gasteiger partial charge in [-0.05, 0) is 24.3 Å². The minimum Gasteiger partial charge on any atom is -0.287 e. The van der Waals surface area contributed by atoms with Gasteiger partial charge in [0.2, 0.25) is 0 Å². The second-order valence-corrected chi connectivity index (χ2v) is 2.95. The van der Waals surface area contributed by atoms with E-state index in [1.807, 2.05) is 0 Å². The molecule has 0 bridgehead atoms. The predicted octanol–water partition coefficient (Wildman–Crippen LogP) is 1.17. The van der Waals surface area contributed by atoms with Gasteiger partial charge in [-0.1, -0.05) is 0 Å². The number of rotatable bonds is 2. The molecule has 3 nitrogen and oxygen atoms in total. The molecule has 0 N–H and O–H groups in total. The molecule has 0 radical (unpaired) electrons. The number of aliphatic imine (C=N–C) groups is 2. The van der Waals surface area contributed by atoms with Gasteiger partial charge in [0.05, 0.1) is 0 Å². The molecule has 2 aliphatic heterocycles. The van der Waals surface area contributed by atoms with E-state index in [9.17, 15) is 13.6 Å². The zero-order chi connectivity index (χ0) is 10.2. The number of halogens is 2. The van der Waals surface area contributed by atoms with Crippen LogP contribution in [0, 0.1) is 0 Å². The highest BCUT2D eigenvalue weighted by atomic mass is 19.2. The molecule has 0 aromatic heterocycles. The van der Waals surface area contributed by atoms with Crippen molar-refractivity contribution in [3.05, 3.63) is 24.3 Å². The fraction of sp³-hybridized carbons (Fsp3) is 0.222. The number of Topliss-reactive ketones (excluding diaryl/α,β-unsaturated/α-hetero) is 1. The zero-order valence-corrected chi connectivity index (χ0v) is 7.02. The van der Waals surface area contributed by atoms with E-state index in [2.05, 4.69) is 9.98 Å². The molecule has 0 saturated carbocycles. The Morgan fingerprint density at radius 1 is 1.00 bits per heavy atom. The normalized spacial score (nSPS) is 38.4. The zero-order valence-electron chi connectivity index (χ0n) is 7.02. The van der Waals surface area contributed by atoms with Crippen molar-refractivity contribution in [2.75, 3.05) is 0 Å². The van der Waals surface area contributed by atoms with Crippen LogP contribution in [0.15, 0.2) is 34.3 Å². The standard InChI is InChI=1S/C9H6F2N2O/c10-8(3-1-5-12-8)7(14)9(11)4-2-6-13-9/h1-6H. The van der Waals surface area contributed by atoms with E-state index in [4.69, 9.17) is 0 Å². The van der Waals surface area contributed by atoms with Crippen LogP contribution < -0.4 is 0 Å². The molecule has 2 aliphatic rings. The SMILES string of the molecule is O=C(C1(F)C=CC=N1)C1(F)C=CC=N1. The molecule has 0 fully saturated rings. The van der Waals surface area contributed by atoms with Crippen LogP contribution in [0.2, 0.25) is 0 Å². The first kappa shape index (κ1) is 8.93. The van der Waals surface area contributed by atoms with Crippen molar-refractivity contribution in [1.29, 1.82) is 0 Å². The lowest BCUT2D eigenvalue weighted by Gasteiger charge is -2.19. The predicted molar refractivity (Wildman–Crippen MR) is 47.9 cm³/mol. The number of ketones is 1. The maximum Gasteiger partial charge on any atom is 0.283 e. The summed E-state index contributed by atoms with van der Waals surface area (Å²) in [6, 6.07) is 0. The molecule has 5 heteroatoms. The Labute approximate surface area is 78.6 Å². The van der Waals surface area contributed by atoms with Crippen molar-refractivity contribution in [3.63, 3.8) is 0 Å². The number of alkyl halides is 2. The van der Waals surface area contributed by atoms with Gasteiger partial charge in [0, 0.05) is 12.4 Å². The molecule has 2 atom stereocenters. The minimum absolute atomic E-state index is 0.901. The van der Waals surface area contributed by atoms with E-state index in [0.29, 0.717) is 0 Å². The molecule has 2 rings (SSSR count). The Kier molecular flexibility index (Phi) is 1.70. The van der Waals surface area contributed by atoms with Gasteiger partial charge in [-0.25, -0.2) is 18.8 Å². The van der Waals surface area contributed by atoms with Crippen LogP contribution in [0.4, 0.5) is 8.78 Å². The highest BCUT2D eigenvalue weighted by Crippen LogP contribution is 2.31. The third kappa shape index (κ3) is 1.13. The van der Waals surface area contributed by atoms with Crippen molar-refractivity contribution in [3.8, 4) is 0 Å². The molecule has 0 aromatic rings. The van der Waals surface area contributed by atoms with E-state index in [1.165, 1.54) is 12.2 Å². The van der Waals surface area contributed by atoms with Gasteiger partial charge < -0.3 is 0 Å². The minimum atomic E-state index is -2.61. The highest BCUT2D eigenvalue weighted by Gasteiger charge is 2.50. The molecule has 2 heterocycles. The molecule has 0 spiro atoms. The second-order valence-electron chi connectivity index (χ2n) is 2.95. The third-order valence-corrected chi connectivity index (χ3v) is 1.97. The fourth-order valence-electron chi connectivity index (χ4n) is 1.24. The van der Waals surface area contributed by atoms with Crippen LogP contribution in [0.1, 0.15) is 0 Å².